The number of amides is 1. The second-order valence-corrected chi connectivity index (χ2v) is 3.55. The van der Waals surface area contributed by atoms with Gasteiger partial charge in [0.1, 0.15) is 12.3 Å². The lowest BCUT2D eigenvalue weighted by molar-refractivity contribution is -0.118. The lowest BCUT2D eigenvalue weighted by Crippen LogP contribution is -2.31. The van der Waals surface area contributed by atoms with Crippen molar-refractivity contribution in [2.75, 3.05) is 0 Å². The molecule has 0 atom stereocenters. The topological polar surface area (TPSA) is 141 Å². The first kappa shape index (κ1) is 11.8. The number of hydrogen-bond acceptors (Lipinski definition) is 6. The fourth-order valence-electron chi connectivity index (χ4n) is 1.54. The fraction of sp³-hybridized carbons (Fsp3) is 0.222. The molecule has 1 amide bonds. The van der Waals surface area contributed by atoms with Crippen molar-refractivity contribution in [3.05, 3.63) is 21.8 Å². The van der Waals surface area contributed by atoms with Crippen LogP contribution < -0.4 is 11.3 Å². The van der Waals surface area contributed by atoms with Crippen LogP contribution in [0.15, 0.2) is 9.32 Å². The number of carbonyl (C=O) groups excluding carboxylic acids is 1. The molecule has 2 aromatic heterocycles. The Kier molecular flexibility index (Phi) is 2.58. The van der Waals surface area contributed by atoms with Gasteiger partial charge in [-0.1, -0.05) is 5.16 Å². The average molecular weight is 252 g/mol. The summed E-state index contributed by atoms with van der Waals surface area (Å²) >= 11 is 0. The van der Waals surface area contributed by atoms with Crippen LogP contribution in [-0.4, -0.2) is 31.9 Å². The van der Waals surface area contributed by atoms with Gasteiger partial charge in [-0.05, 0) is 6.92 Å². The maximum Gasteiger partial charge on any atom is 0.357 e. The Morgan fingerprint density at radius 1 is 1.50 bits per heavy atom. The van der Waals surface area contributed by atoms with Crippen molar-refractivity contribution in [2.24, 2.45) is 5.73 Å². The van der Waals surface area contributed by atoms with Crippen LogP contribution in [0.25, 0.3) is 10.9 Å². The summed E-state index contributed by atoms with van der Waals surface area (Å²) in [5.41, 5.74) is 3.60. The maximum atomic E-state index is 11.8. The van der Waals surface area contributed by atoms with Gasteiger partial charge >= 0.3 is 5.97 Å². The lowest BCUT2D eigenvalue weighted by Gasteiger charge is -2.03. The number of primary amides is 1. The number of fused-ring (bicyclic) bond motifs is 1. The molecule has 0 saturated carbocycles. The van der Waals surface area contributed by atoms with Crippen LogP contribution in [0, 0.1) is 6.92 Å². The largest absolute Gasteiger partial charge is 0.476 e. The van der Waals surface area contributed by atoms with Gasteiger partial charge in [-0.3, -0.25) is 9.59 Å². The maximum absolute atomic E-state index is 11.8. The molecule has 0 aliphatic carbocycles. The molecule has 18 heavy (non-hydrogen) atoms. The number of nitrogens with two attached hydrogens (primary N) is 1. The number of nitrogens with zero attached hydrogens (tertiary/aromatic N) is 3. The van der Waals surface area contributed by atoms with Gasteiger partial charge in [0.2, 0.25) is 5.91 Å². The highest BCUT2D eigenvalue weighted by molar-refractivity contribution is 6.00. The van der Waals surface area contributed by atoms with E-state index in [-0.39, 0.29) is 16.7 Å². The molecule has 9 heteroatoms. The molecule has 0 fully saturated rings. The molecule has 0 unspecified atom stereocenters. The van der Waals surface area contributed by atoms with Crippen LogP contribution >= 0.6 is 0 Å². The third-order valence-corrected chi connectivity index (χ3v) is 2.27. The minimum atomic E-state index is -1.36. The van der Waals surface area contributed by atoms with Gasteiger partial charge in [-0.25, -0.2) is 9.48 Å². The van der Waals surface area contributed by atoms with Crippen molar-refractivity contribution in [2.45, 2.75) is 13.5 Å². The van der Waals surface area contributed by atoms with Crippen LogP contribution in [-0.2, 0) is 11.3 Å². The first-order valence-corrected chi connectivity index (χ1v) is 4.80. The summed E-state index contributed by atoms with van der Waals surface area (Å²) in [4.78, 5) is 33.7. The number of carbonyl (C=O) groups is 2. The second-order valence-electron chi connectivity index (χ2n) is 3.55. The minimum Gasteiger partial charge on any atom is -0.476 e. The number of aromatic carboxylic acids is 1. The fourth-order valence-corrected chi connectivity index (χ4v) is 1.54. The van der Waals surface area contributed by atoms with Gasteiger partial charge < -0.3 is 15.4 Å². The second kappa shape index (κ2) is 3.95. The van der Waals surface area contributed by atoms with Gasteiger partial charge in [0.25, 0.3) is 5.56 Å². The summed E-state index contributed by atoms with van der Waals surface area (Å²) in [5.74, 6) is -2.01. The minimum absolute atomic E-state index is 0.0215. The van der Waals surface area contributed by atoms with Gasteiger partial charge in [-0.15, -0.1) is 0 Å². The van der Waals surface area contributed by atoms with E-state index in [4.69, 9.17) is 15.4 Å². The van der Waals surface area contributed by atoms with Crippen LogP contribution in [0.5, 0.6) is 0 Å². The van der Waals surface area contributed by atoms with Gasteiger partial charge in [-0.2, -0.15) is 5.10 Å². The van der Waals surface area contributed by atoms with E-state index < -0.39 is 29.7 Å². The van der Waals surface area contributed by atoms with Crippen LogP contribution in [0.4, 0.5) is 0 Å². The van der Waals surface area contributed by atoms with Gasteiger partial charge in [0.15, 0.2) is 11.2 Å². The van der Waals surface area contributed by atoms with E-state index in [1.165, 1.54) is 6.92 Å². The van der Waals surface area contributed by atoms with E-state index in [0.29, 0.717) is 4.68 Å². The predicted molar refractivity (Wildman–Crippen MR) is 57.0 cm³/mol. The first-order valence-electron chi connectivity index (χ1n) is 4.80. The first-order chi connectivity index (χ1) is 8.41. The molecule has 2 aromatic rings. The Morgan fingerprint density at radius 3 is 2.72 bits per heavy atom. The van der Waals surface area contributed by atoms with E-state index in [2.05, 4.69) is 10.3 Å². The molecule has 0 aromatic carbocycles. The van der Waals surface area contributed by atoms with E-state index in [9.17, 15) is 14.4 Å². The summed E-state index contributed by atoms with van der Waals surface area (Å²) in [5, 5.41) is 16.1. The lowest BCUT2D eigenvalue weighted by atomic mass is 10.2. The molecule has 9 nitrogen and oxygen atoms in total. The molecule has 94 valence electrons. The average Bonchev–Trinajstić information content (AvgIpc) is 2.64. The van der Waals surface area contributed by atoms with Gasteiger partial charge in [0, 0.05) is 0 Å². The predicted octanol–water partition coefficient (Wildman–Crippen LogP) is -1.12. The number of aryl methyl sites for hydroxylation is 1. The standard InChI is InChI=1S/C9H8N4O5/c1-3-5-6(12-18-3)8(15)13(2-4(10)14)11-7(5)9(16)17/h2H2,1H3,(H2,10,14)(H,16,17). The molecule has 0 spiro atoms. The Balaban J connectivity index is 2.84. The number of rotatable bonds is 3. The molecule has 0 bridgehead atoms. The van der Waals surface area contributed by atoms with E-state index in [1.54, 1.807) is 0 Å². The Hall–Kier alpha value is -2.71. The van der Waals surface area contributed by atoms with E-state index in [0.717, 1.165) is 0 Å². The quantitative estimate of drug-likeness (QED) is 0.704. The van der Waals surface area contributed by atoms with Crippen molar-refractivity contribution in [1.29, 1.82) is 0 Å². The molecule has 3 N–H and O–H groups in total. The number of carboxylic acids is 1. The van der Waals surface area contributed by atoms with Crippen molar-refractivity contribution in [3.63, 3.8) is 0 Å². The van der Waals surface area contributed by atoms with Crippen molar-refractivity contribution in [1.82, 2.24) is 14.9 Å². The number of carboxylic acid groups (broad SMARTS) is 1. The van der Waals surface area contributed by atoms with Crippen LogP contribution in [0.3, 0.4) is 0 Å². The zero-order chi connectivity index (χ0) is 13.4. The Labute approximate surface area is 98.8 Å². The number of hydrogen-bond donors (Lipinski definition) is 2. The highest BCUT2D eigenvalue weighted by Gasteiger charge is 2.22. The Bertz CT molecular complexity index is 714. The van der Waals surface area contributed by atoms with Gasteiger partial charge in [0.05, 0.1) is 5.39 Å². The zero-order valence-electron chi connectivity index (χ0n) is 9.21. The highest BCUT2D eigenvalue weighted by atomic mass is 16.5. The Morgan fingerprint density at radius 2 is 2.17 bits per heavy atom. The van der Waals surface area contributed by atoms with Crippen molar-refractivity contribution in [3.8, 4) is 0 Å². The number of aromatic nitrogens is 3. The molecule has 0 aliphatic rings. The highest BCUT2D eigenvalue weighted by Crippen LogP contribution is 2.17. The molecule has 2 heterocycles. The summed E-state index contributed by atoms with van der Waals surface area (Å²) in [7, 11) is 0. The third kappa shape index (κ3) is 1.71. The molecular weight excluding hydrogens is 244 g/mol. The summed E-state index contributed by atoms with van der Waals surface area (Å²) in [6, 6.07) is 0. The molecule has 0 radical (unpaired) electrons. The molecule has 0 aliphatic heterocycles. The molecule has 2 rings (SSSR count). The van der Waals surface area contributed by atoms with Crippen LogP contribution in [0.2, 0.25) is 0 Å². The SMILES string of the molecule is Cc1onc2c(=O)n(CC(N)=O)nc(C(=O)O)c12. The van der Waals surface area contributed by atoms with Crippen LogP contribution in [0.1, 0.15) is 16.2 Å². The third-order valence-electron chi connectivity index (χ3n) is 2.27. The summed E-state index contributed by atoms with van der Waals surface area (Å²) in [6.45, 7) is 0.933. The monoisotopic (exact) mass is 252 g/mol. The van der Waals surface area contributed by atoms with E-state index in [1.807, 2.05) is 0 Å². The molecule has 0 saturated heterocycles. The van der Waals surface area contributed by atoms with E-state index >= 15 is 0 Å². The summed E-state index contributed by atoms with van der Waals surface area (Å²) < 4.78 is 5.41. The zero-order valence-corrected chi connectivity index (χ0v) is 9.21. The van der Waals surface area contributed by atoms with Crippen molar-refractivity contribution >= 4 is 22.8 Å². The molecular formula is C9H8N4O5. The van der Waals surface area contributed by atoms with Crippen molar-refractivity contribution < 1.29 is 19.2 Å². The smallest absolute Gasteiger partial charge is 0.357 e. The normalized spacial score (nSPS) is 10.7. The summed E-state index contributed by atoms with van der Waals surface area (Å²) in [6.07, 6.45) is 0.